The van der Waals surface area contributed by atoms with Gasteiger partial charge in [-0.25, -0.2) is 0 Å². The van der Waals surface area contributed by atoms with E-state index in [0.29, 0.717) is 13.0 Å². The van der Waals surface area contributed by atoms with Crippen molar-refractivity contribution in [3.63, 3.8) is 0 Å². The smallest absolute Gasteiger partial charge is 0.308 e. The molecule has 0 bridgehead atoms. The highest BCUT2D eigenvalue weighted by Crippen LogP contribution is 2.11. The van der Waals surface area contributed by atoms with Crippen LogP contribution in [0.4, 0.5) is 0 Å². The van der Waals surface area contributed by atoms with E-state index < -0.39 is 5.97 Å². The van der Waals surface area contributed by atoms with Crippen molar-refractivity contribution in [3.8, 4) is 0 Å². The highest BCUT2D eigenvalue weighted by molar-refractivity contribution is 5.69. The second-order valence-corrected chi connectivity index (χ2v) is 3.87. The molecule has 0 fully saturated rings. The lowest BCUT2D eigenvalue weighted by molar-refractivity contribution is -0.146. The molecule has 0 aliphatic carbocycles. The molecule has 0 unspecified atom stereocenters. The van der Waals surface area contributed by atoms with E-state index in [4.69, 9.17) is 9.84 Å². The van der Waals surface area contributed by atoms with E-state index in [9.17, 15) is 4.79 Å². The van der Waals surface area contributed by atoms with E-state index in [0.717, 1.165) is 0 Å². The Hall–Kier alpha value is -0.570. The van der Waals surface area contributed by atoms with Gasteiger partial charge in [0.1, 0.15) is 0 Å². The van der Waals surface area contributed by atoms with E-state index in [2.05, 4.69) is 0 Å². The molecule has 72 valence electrons. The van der Waals surface area contributed by atoms with Gasteiger partial charge < -0.3 is 9.84 Å². The Morgan fingerprint density at radius 2 is 2.00 bits per heavy atom. The third-order valence-corrected chi connectivity index (χ3v) is 1.56. The molecule has 0 spiro atoms. The number of hydrogen-bond acceptors (Lipinski definition) is 2. The molecule has 0 saturated heterocycles. The van der Waals surface area contributed by atoms with Gasteiger partial charge in [-0.1, -0.05) is 6.92 Å². The average molecular weight is 174 g/mol. The van der Waals surface area contributed by atoms with Gasteiger partial charge in [-0.05, 0) is 27.2 Å². The van der Waals surface area contributed by atoms with Crippen molar-refractivity contribution in [1.29, 1.82) is 0 Å². The molecule has 0 radical (unpaired) electrons. The van der Waals surface area contributed by atoms with Crippen LogP contribution in [0.5, 0.6) is 0 Å². The lowest BCUT2D eigenvalue weighted by atomic mass is 10.1. The zero-order valence-electron chi connectivity index (χ0n) is 8.26. The molecule has 0 rings (SSSR count). The van der Waals surface area contributed by atoms with Crippen LogP contribution < -0.4 is 0 Å². The Labute approximate surface area is 73.7 Å². The Kier molecular flexibility index (Phi) is 4.24. The van der Waals surface area contributed by atoms with Gasteiger partial charge in [-0.2, -0.15) is 0 Å². The first kappa shape index (κ1) is 11.4. The van der Waals surface area contributed by atoms with Crippen molar-refractivity contribution >= 4 is 5.97 Å². The molecule has 0 amide bonds. The van der Waals surface area contributed by atoms with Gasteiger partial charge in [0.25, 0.3) is 0 Å². The van der Waals surface area contributed by atoms with Crippen LogP contribution in [-0.2, 0) is 9.53 Å². The monoisotopic (exact) mass is 174 g/mol. The second-order valence-electron chi connectivity index (χ2n) is 3.87. The van der Waals surface area contributed by atoms with E-state index in [-0.39, 0.29) is 11.5 Å². The minimum absolute atomic E-state index is 0.247. The number of aliphatic carboxylic acids is 1. The molecule has 0 aromatic rings. The lowest BCUT2D eigenvalue weighted by Crippen LogP contribution is -2.27. The molecule has 0 aromatic heterocycles. The number of carbonyl (C=O) groups is 1. The van der Waals surface area contributed by atoms with Crippen molar-refractivity contribution in [2.45, 2.75) is 39.7 Å². The van der Waals surface area contributed by atoms with Crippen LogP contribution >= 0.6 is 0 Å². The van der Waals surface area contributed by atoms with E-state index >= 15 is 0 Å². The van der Waals surface area contributed by atoms with Crippen molar-refractivity contribution in [2.75, 3.05) is 6.61 Å². The molecular formula is C9H18O3. The summed E-state index contributed by atoms with van der Waals surface area (Å²) in [6, 6.07) is 0. The summed E-state index contributed by atoms with van der Waals surface area (Å²) < 4.78 is 5.36. The van der Waals surface area contributed by atoms with E-state index in [1.165, 1.54) is 0 Å². The maximum Gasteiger partial charge on any atom is 0.308 e. The summed E-state index contributed by atoms with van der Waals surface area (Å²) in [5.74, 6) is -1.15. The van der Waals surface area contributed by atoms with Crippen LogP contribution in [0.1, 0.15) is 34.1 Å². The highest BCUT2D eigenvalue weighted by Gasteiger charge is 2.19. The Morgan fingerprint density at radius 1 is 1.50 bits per heavy atom. The summed E-state index contributed by atoms with van der Waals surface area (Å²) in [5.41, 5.74) is -0.247. The molecule has 0 aromatic carbocycles. The molecule has 3 heteroatoms. The molecule has 12 heavy (non-hydrogen) atoms. The molecule has 0 saturated carbocycles. The van der Waals surface area contributed by atoms with E-state index in [1.807, 2.05) is 27.7 Å². The standard InChI is InChI=1S/C9H18O3/c1-5-7(8(10)11)6-12-9(2,3)4/h7H,5-6H2,1-4H3,(H,10,11)/t7-/m0/s1. The first-order chi connectivity index (χ1) is 5.37. The highest BCUT2D eigenvalue weighted by atomic mass is 16.5. The van der Waals surface area contributed by atoms with Crippen LogP contribution in [0.25, 0.3) is 0 Å². The van der Waals surface area contributed by atoms with Gasteiger partial charge in [0.15, 0.2) is 0 Å². The van der Waals surface area contributed by atoms with Crippen LogP contribution in [0.15, 0.2) is 0 Å². The maximum absolute atomic E-state index is 10.6. The quantitative estimate of drug-likeness (QED) is 0.708. The van der Waals surface area contributed by atoms with Crippen molar-refractivity contribution in [1.82, 2.24) is 0 Å². The lowest BCUT2D eigenvalue weighted by Gasteiger charge is -2.21. The SMILES string of the molecule is CC[C@@H](COC(C)(C)C)C(=O)O. The summed E-state index contributed by atoms with van der Waals surface area (Å²) in [4.78, 5) is 10.6. The van der Waals surface area contributed by atoms with Gasteiger partial charge in [0, 0.05) is 0 Å². The predicted molar refractivity (Wildman–Crippen MR) is 47.1 cm³/mol. The van der Waals surface area contributed by atoms with Crippen LogP contribution in [0.2, 0.25) is 0 Å². The Balaban J connectivity index is 3.81. The molecule has 0 aliphatic rings. The molecule has 0 aliphatic heterocycles. The molecule has 3 nitrogen and oxygen atoms in total. The summed E-state index contributed by atoms with van der Waals surface area (Å²) >= 11 is 0. The normalized spacial score (nSPS) is 14.3. The second kappa shape index (κ2) is 4.45. The van der Waals surface area contributed by atoms with Gasteiger partial charge in [-0.15, -0.1) is 0 Å². The zero-order valence-corrected chi connectivity index (χ0v) is 8.26. The fraction of sp³-hybridized carbons (Fsp3) is 0.889. The zero-order chi connectivity index (χ0) is 9.78. The first-order valence-electron chi connectivity index (χ1n) is 4.23. The minimum atomic E-state index is -0.776. The number of ether oxygens (including phenoxy) is 1. The van der Waals surface area contributed by atoms with Crippen LogP contribution in [-0.4, -0.2) is 23.3 Å². The van der Waals surface area contributed by atoms with Gasteiger partial charge >= 0.3 is 5.97 Å². The fourth-order valence-corrected chi connectivity index (χ4v) is 0.714. The van der Waals surface area contributed by atoms with E-state index in [1.54, 1.807) is 0 Å². The number of carboxylic acid groups (broad SMARTS) is 1. The molecule has 1 N–H and O–H groups in total. The maximum atomic E-state index is 10.6. The molecule has 0 heterocycles. The van der Waals surface area contributed by atoms with Crippen molar-refractivity contribution in [2.24, 2.45) is 5.92 Å². The molecular weight excluding hydrogens is 156 g/mol. The van der Waals surface area contributed by atoms with Crippen molar-refractivity contribution < 1.29 is 14.6 Å². The minimum Gasteiger partial charge on any atom is -0.481 e. The van der Waals surface area contributed by atoms with Crippen LogP contribution in [0, 0.1) is 5.92 Å². The van der Waals surface area contributed by atoms with Gasteiger partial charge in [0.05, 0.1) is 18.1 Å². The summed E-state index contributed by atoms with van der Waals surface area (Å²) in [7, 11) is 0. The summed E-state index contributed by atoms with van der Waals surface area (Å²) in [6.45, 7) is 7.91. The van der Waals surface area contributed by atoms with Gasteiger partial charge in [0.2, 0.25) is 0 Å². The Bertz CT molecular complexity index is 146. The molecule has 1 atom stereocenters. The average Bonchev–Trinajstić information content (AvgIpc) is 1.85. The topological polar surface area (TPSA) is 46.5 Å². The van der Waals surface area contributed by atoms with Crippen molar-refractivity contribution in [3.05, 3.63) is 0 Å². The van der Waals surface area contributed by atoms with Gasteiger partial charge in [-0.3, -0.25) is 4.79 Å². The summed E-state index contributed by atoms with van der Waals surface area (Å²) in [6.07, 6.45) is 0.616. The fourth-order valence-electron chi connectivity index (χ4n) is 0.714. The number of rotatable bonds is 4. The first-order valence-corrected chi connectivity index (χ1v) is 4.23. The third kappa shape index (κ3) is 5.13. The Morgan fingerprint density at radius 3 is 2.25 bits per heavy atom. The number of hydrogen-bond donors (Lipinski definition) is 1. The summed E-state index contributed by atoms with van der Waals surface area (Å²) in [5, 5.41) is 8.69. The third-order valence-electron chi connectivity index (χ3n) is 1.56. The van der Waals surface area contributed by atoms with Crippen LogP contribution in [0.3, 0.4) is 0 Å². The predicted octanol–water partition coefficient (Wildman–Crippen LogP) is 1.91. The largest absolute Gasteiger partial charge is 0.481 e. The number of carboxylic acids is 1.